The monoisotopic (exact) mass is 383 g/mol. The summed E-state index contributed by atoms with van der Waals surface area (Å²) < 4.78 is 81.7. The van der Waals surface area contributed by atoms with E-state index in [4.69, 9.17) is 4.74 Å². The van der Waals surface area contributed by atoms with Crippen molar-refractivity contribution in [3.8, 4) is 0 Å². The standard InChI is InChI=1S/C16H17F6N2O2/c1-2-23-3-5-24(6-4-23)14(25)26-10-11-7-12(15(17,18)19)9-13(8-11)16(20,21)22/h7-9H,1-6,10H2. The number of carbonyl (C=O) groups excluding carboxylic acids is 1. The zero-order valence-corrected chi connectivity index (χ0v) is 13.7. The van der Waals surface area contributed by atoms with Crippen LogP contribution in [0.2, 0.25) is 0 Å². The van der Waals surface area contributed by atoms with Crippen LogP contribution in [0.3, 0.4) is 0 Å². The average Bonchev–Trinajstić information content (AvgIpc) is 2.58. The fourth-order valence-electron chi connectivity index (χ4n) is 2.49. The minimum atomic E-state index is -4.94. The predicted octanol–water partition coefficient (Wildman–Crippen LogP) is 3.81. The van der Waals surface area contributed by atoms with Gasteiger partial charge in [0, 0.05) is 26.2 Å². The molecule has 0 saturated carbocycles. The Morgan fingerprint density at radius 2 is 1.46 bits per heavy atom. The molecule has 10 heteroatoms. The molecule has 0 atom stereocenters. The lowest BCUT2D eigenvalue weighted by Gasteiger charge is -2.33. The van der Waals surface area contributed by atoms with Crippen molar-refractivity contribution in [2.24, 2.45) is 0 Å². The van der Waals surface area contributed by atoms with Crippen molar-refractivity contribution in [3.05, 3.63) is 41.8 Å². The Bertz CT molecular complexity index is 604. The van der Waals surface area contributed by atoms with Crippen molar-refractivity contribution in [3.63, 3.8) is 0 Å². The van der Waals surface area contributed by atoms with Gasteiger partial charge in [0.1, 0.15) is 6.61 Å². The Labute approximate surface area is 146 Å². The Kier molecular flexibility index (Phi) is 6.05. The van der Waals surface area contributed by atoms with Gasteiger partial charge in [-0.15, -0.1) is 0 Å². The molecule has 1 radical (unpaired) electrons. The predicted molar refractivity (Wildman–Crippen MR) is 80.0 cm³/mol. The summed E-state index contributed by atoms with van der Waals surface area (Å²) in [7, 11) is 0. The molecule has 1 fully saturated rings. The summed E-state index contributed by atoms with van der Waals surface area (Å²) in [6.07, 6.45) is -10.7. The molecule has 1 saturated heterocycles. The summed E-state index contributed by atoms with van der Waals surface area (Å²) in [6, 6.07) is 1.12. The lowest BCUT2D eigenvalue weighted by atomic mass is 10.1. The molecule has 145 valence electrons. The SMILES string of the molecule is [CH2]CN1CCN(C(=O)OCc2cc(C(F)(F)F)cc(C(F)(F)F)c2)CC1. The van der Waals surface area contributed by atoms with Crippen LogP contribution in [0.5, 0.6) is 0 Å². The number of piperazine rings is 1. The Morgan fingerprint density at radius 3 is 1.88 bits per heavy atom. The Balaban J connectivity index is 2.08. The molecule has 0 unspecified atom stereocenters. The quantitative estimate of drug-likeness (QED) is 0.745. The molecule has 1 amide bonds. The normalized spacial score (nSPS) is 16.7. The first kappa shape index (κ1) is 20.3. The molecule has 0 N–H and O–H groups in total. The maximum absolute atomic E-state index is 12.8. The van der Waals surface area contributed by atoms with E-state index < -0.39 is 36.2 Å². The third kappa shape index (κ3) is 5.26. The first-order chi connectivity index (χ1) is 12.0. The number of halogens is 6. The highest BCUT2D eigenvalue weighted by molar-refractivity contribution is 5.67. The molecule has 1 heterocycles. The van der Waals surface area contributed by atoms with Gasteiger partial charge in [0.2, 0.25) is 0 Å². The maximum atomic E-state index is 12.8. The molecular formula is C16H17F6N2O2. The number of benzene rings is 1. The fraction of sp³-hybridized carbons (Fsp3) is 0.500. The van der Waals surface area contributed by atoms with Crippen molar-refractivity contribution in [2.75, 3.05) is 32.7 Å². The fourth-order valence-corrected chi connectivity index (χ4v) is 2.49. The highest BCUT2D eigenvalue weighted by Gasteiger charge is 2.37. The van der Waals surface area contributed by atoms with E-state index >= 15 is 0 Å². The molecule has 1 aliphatic rings. The first-order valence-corrected chi connectivity index (χ1v) is 7.72. The minimum absolute atomic E-state index is 0.0311. The van der Waals surface area contributed by atoms with Gasteiger partial charge in [-0.2, -0.15) is 26.3 Å². The van der Waals surface area contributed by atoms with Crippen LogP contribution in [0, 0.1) is 6.92 Å². The van der Waals surface area contributed by atoms with E-state index in [1.165, 1.54) is 4.90 Å². The van der Waals surface area contributed by atoms with E-state index in [0.717, 1.165) is 0 Å². The van der Waals surface area contributed by atoms with Crippen LogP contribution in [0.4, 0.5) is 31.1 Å². The topological polar surface area (TPSA) is 32.8 Å². The molecule has 0 bridgehead atoms. The van der Waals surface area contributed by atoms with E-state index in [-0.39, 0.29) is 11.6 Å². The van der Waals surface area contributed by atoms with Gasteiger partial charge in [0.05, 0.1) is 11.1 Å². The van der Waals surface area contributed by atoms with E-state index in [2.05, 4.69) is 6.92 Å². The van der Waals surface area contributed by atoms with Crippen LogP contribution in [0.1, 0.15) is 16.7 Å². The summed E-state index contributed by atoms with van der Waals surface area (Å²) in [6.45, 7) is 5.46. The number of nitrogens with zero attached hydrogens (tertiary/aromatic N) is 2. The zero-order valence-electron chi connectivity index (χ0n) is 13.7. The van der Waals surface area contributed by atoms with Crippen LogP contribution >= 0.6 is 0 Å². The number of amides is 1. The van der Waals surface area contributed by atoms with Gasteiger partial charge in [-0.3, -0.25) is 4.90 Å². The number of ether oxygens (including phenoxy) is 1. The lowest BCUT2D eigenvalue weighted by molar-refractivity contribution is -0.143. The number of alkyl halides is 6. The van der Waals surface area contributed by atoms with E-state index in [1.807, 2.05) is 4.90 Å². The summed E-state index contributed by atoms with van der Waals surface area (Å²) in [5.41, 5.74) is -3.26. The second-order valence-corrected chi connectivity index (χ2v) is 5.80. The zero-order chi connectivity index (χ0) is 19.5. The molecule has 0 aromatic heterocycles. The summed E-state index contributed by atoms with van der Waals surface area (Å²) in [5, 5.41) is 0. The van der Waals surface area contributed by atoms with Crippen molar-refractivity contribution >= 4 is 6.09 Å². The molecular weight excluding hydrogens is 366 g/mol. The highest BCUT2D eigenvalue weighted by atomic mass is 19.4. The van der Waals surface area contributed by atoms with Crippen LogP contribution in [0.25, 0.3) is 0 Å². The second-order valence-electron chi connectivity index (χ2n) is 5.80. The molecule has 0 spiro atoms. The molecule has 2 rings (SSSR count). The third-order valence-electron chi connectivity index (χ3n) is 3.96. The van der Waals surface area contributed by atoms with E-state index in [0.29, 0.717) is 44.9 Å². The molecule has 0 aliphatic carbocycles. The van der Waals surface area contributed by atoms with Gasteiger partial charge in [-0.05, 0) is 37.2 Å². The van der Waals surface area contributed by atoms with Gasteiger partial charge in [-0.25, -0.2) is 4.79 Å². The smallest absolute Gasteiger partial charge is 0.416 e. The second kappa shape index (κ2) is 7.73. The van der Waals surface area contributed by atoms with Crippen LogP contribution < -0.4 is 0 Å². The van der Waals surface area contributed by atoms with Gasteiger partial charge in [0.15, 0.2) is 0 Å². The van der Waals surface area contributed by atoms with E-state index in [1.54, 1.807) is 0 Å². The summed E-state index contributed by atoms with van der Waals surface area (Å²) in [5.74, 6) is 0. The van der Waals surface area contributed by atoms with Crippen LogP contribution in [0.15, 0.2) is 18.2 Å². The van der Waals surface area contributed by atoms with Crippen molar-refractivity contribution in [1.29, 1.82) is 0 Å². The highest BCUT2D eigenvalue weighted by Crippen LogP contribution is 2.36. The van der Waals surface area contributed by atoms with Crippen molar-refractivity contribution < 1.29 is 35.9 Å². The molecule has 1 aromatic carbocycles. The van der Waals surface area contributed by atoms with Gasteiger partial charge in [-0.1, -0.05) is 0 Å². The average molecular weight is 383 g/mol. The number of hydrogen-bond donors (Lipinski definition) is 0. The van der Waals surface area contributed by atoms with Gasteiger partial charge >= 0.3 is 18.4 Å². The van der Waals surface area contributed by atoms with Gasteiger partial charge < -0.3 is 9.64 Å². The third-order valence-corrected chi connectivity index (χ3v) is 3.96. The van der Waals surface area contributed by atoms with Gasteiger partial charge in [0.25, 0.3) is 0 Å². The lowest BCUT2D eigenvalue weighted by Crippen LogP contribution is -2.48. The molecule has 1 aliphatic heterocycles. The van der Waals surface area contributed by atoms with Crippen LogP contribution in [-0.4, -0.2) is 48.6 Å². The summed E-state index contributed by atoms with van der Waals surface area (Å²) >= 11 is 0. The summed E-state index contributed by atoms with van der Waals surface area (Å²) in [4.78, 5) is 15.3. The Morgan fingerprint density at radius 1 is 0.962 bits per heavy atom. The van der Waals surface area contributed by atoms with Crippen LogP contribution in [-0.2, 0) is 23.7 Å². The van der Waals surface area contributed by atoms with E-state index in [9.17, 15) is 31.1 Å². The molecule has 1 aromatic rings. The maximum Gasteiger partial charge on any atom is 0.416 e. The minimum Gasteiger partial charge on any atom is -0.445 e. The number of carbonyl (C=O) groups is 1. The molecule has 4 nitrogen and oxygen atoms in total. The molecule has 26 heavy (non-hydrogen) atoms. The number of hydrogen-bond acceptors (Lipinski definition) is 3. The van der Waals surface area contributed by atoms with Crippen molar-refractivity contribution in [2.45, 2.75) is 19.0 Å². The first-order valence-electron chi connectivity index (χ1n) is 7.72. The number of rotatable bonds is 3. The Hall–Kier alpha value is -1.97. The van der Waals surface area contributed by atoms with Crippen molar-refractivity contribution in [1.82, 2.24) is 9.80 Å². The largest absolute Gasteiger partial charge is 0.445 e.